The Morgan fingerprint density at radius 3 is 2.50 bits per heavy atom. The predicted octanol–water partition coefficient (Wildman–Crippen LogP) is 2.27. The monoisotopic (exact) mass is 296 g/mol. The SMILES string of the molecule is CC(C)N1CCN(C(=O)COc2ccccc2Cl)CC1. The molecule has 0 N–H and O–H groups in total. The number of para-hydroxylation sites is 1. The van der Waals surface area contributed by atoms with E-state index in [0.717, 1.165) is 26.2 Å². The first-order valence-corrected chi connectivity index (χ1v) is 7.35. The largest absolute Gasteiger partial charge is 0.482 e. The van der Waals surface area contributed by atoms with Crippen molar-refractivity contribution in [3.63, 3.8) is 0 Å². The fourth-order valence-corrected chi connectivity index (χ4v) is 2.47. The second-order valence-corrected chi connectivity index (χ2v) is 5.64. The third-order valence-electron chi connectivity index (χ3n) is 3.59. The molecule has 0 bridgehead atoms. The maximum absolute atomic E-state index is 12.1. The van der Waals surface area contributed by atoms with Crippen molar-refractivity contribution < 1.29 is 9.53 Å². The van der Waals surface area contributed by atoms with Gasteiger partial charge in [-0.25, -0.2) is 0 Å². The van der Waals surface area contributed by atoms with E-state index in [9.17, 15) is 4.79 Å². The zero-order chi connectivity index (χ0) is 14.5. The first-order valence-electron chi connectivity index (χ1n) is 6.97. The molecule has 1 amide bonds. The minimum atomic E-state index is 0.0216. The summed E-state index contributed by atoms with van der Waals surface area (Å²) in [4.78, 5) is 16.3. The molecule has 1 fully saturated rings. The van der Waals surface area contributed by atoms with Gasteiger partial charge in [0.25, 0.3) is 5.91 Å². The first-order chi connectivity index (χ1) is 9.58. The molecule has 1 aliphatic rings. The Kier molecular flexibility index (Phi) is 5.26. The van der Waals surface area contributed by atoms with Gasteiger partial charge in [0.15, 0.2) is 6.61 Å². The third-order valence-corrected chi connectivity index (χ3v) is 3.90. The number of carbonyl (C=O) groups is 1. The lowest BCUT2D eigenvalue weighted by Crippen LogP contribution is -2.51. The Balaban J connectivity index is 1.80. The average molecular weight is 297 g/mol. The number of hydrogen-bond donors (Lipinski definition) is 0. The summed E-state index contributed by atoms with van der Waals surface area (Å²) in [5, 5.41) is 0.532. The van der Waals surface area contributed by atoms with Gasteiger partial charge in [-0.3, -0.25) is 9.69 Å². The summed E-state index contributed by atoms with van der Waals surface area (Å²) in [6.07, 6.45) is 0. The third kappa shape index (κ3) is 3.87. The van der Waals surface area contributed by atoms with Crippen molar-refractivity contribution in [2.75, 3.05) is 32.8 Å². The van der Waals surface area contributed by atoms with Crippen molar-refractivity contribution in [1.29, 1.82) is 0 Å². The molecule has 1 heterocycles. The van der Waals surface area contributed by atoms with E-state index in [4.69, 9.17) is 16.3 Å². The number of nitrogens with zero attached hydrogens (tertiary/aromatic N) is 2. The van der Waals surface area contributed by atoms with E-state index < -0.39 is 0 Å². The Bertz CT molecular complexity index is 457. The van der Waals surface area contributed by atoms with E-state index in [1.54, 1.807) is 12.1 Å². The van der Waals surface area contributed by atoms with Crippen molar-refractivity contribution in [3.05, 3.63) is 29.3 Å². The number of amides is 1. The average Bonchev–Trinajstić information content (AvgIpc) is 2.46. The fraction of sp³-hybridized carbons (Fsp3) is 0.533. The van der Waals surface area contributed by atoms with Crippen LogP contribution in [0.2, 0.25) is 5.02 Å². The molecule has 2 rings (SSSR count). The number of piperazine rings is 1. The standard InChI is InChI=1S/C15H21ClN2O2/c1-12(2)17-7-9-18(10-8-17)15(19)11-20-14-6-4-3-5-13(14)16/h3-6,12H,7-11H2,1-2H3. The van der Waals surface area contributed by atoms with Gasteiger partial charge in [0.1, 0.15) is 5.75 Å². The van der Waals surface area contributed by atoms with Crippen LogP contribution in [0.15, 0.2) is 24.3 Å². The second kappa shape index (κ2) is 6.95. The van der Waals surface area contributed by atoms with E-state index in [-0.39, 0.29) is 12.5 Å². The van der Waals surface area contributed by atoms with Crippen LogP contribution in [-0.4, -0.2) is 54.5 Å². The topological polar surface area (TPSA) is 32.8 Å². The number of halogens is 1. The van der Waals surface area contributed by atoms with Crippen LogP contribution >= 0.6 is 11.6 Å². The Morgan fingerprint density at radius 1 is 1.25 bits per heavy atom. The highest BCUT2D eigenvalue weighted by atomic mass is 35.5. The van der Waals surface area contributed by atoms with Crippen LogP contribution in [0.1, 0.15) is 13.8 Å². The van der Waals surface area contributed by atoms with Gasteiger partial charge in [-0.05, 0) is 26.0 Å². The molecule has 4 nitrogen and oxygen atoms in total. The molecule has 1 aliphatic heterocycles. The van der Waals surface area contributed by atoms with Gasteiger partial charge in [0.2, 0.25) is 0 Å². The summed E-state index contributed by atoms with van der Waals surface area (Å²) in [5.74, 6) is 0.580. The van der Waals surface area contributed by atoms with Crippen molar-refractivity contribution in [2.45, 2.75) is 19.9 Å². The summed E-state index contributed by atoms with van der Waals surface area (Å²) in [6, 6.07) is 7.73. The van der Waals surface area contributed by atoms with Gasteiger partial charge in [-0.2, -0.15) is 0 Å². The molecule has 0 aromatic heterocycles. The summed E-state index contributed by atoms with van der Waals surface area (Å²) in [5.41, 5.74) is 0. The smallest absolute Gasteiger partial charge is 0.260 e. The molecule has 5 heteroatoms. The van der Waals surface area contributed by atoms with Gasteiger partial charge in [-0.15, -0.1) is 0 Å². The van der Waals surface area contributed by atoms with Gasteiger partial charge < -0.3 is 9.64 Å². The van der Waals surface area contributed by atoms with Crippen LogP contribution in [0.25, 0.3) is 0 Å². The Labute approximate surface area is 125 Å². The maximum Gasteiger partial charge on any atom is 0.260 e. The van der Waals surface area contributed by atoms with Crippen molar-refractivity contribution in [3.8, 4) is 5.75 Å². The second-order valence-electron chi connectivity index (χ2n) is 5.23. The highest BCUT2D eigenvalue weighted by Gasteiger charge is 2.22. The lowest BCUT2D eigenvalue weighted by molar-refractivity contribution is -0.135. The molecule has 0 aliphatic carbocycles. The van der Waals surface area contributed by atoms with E-state index in [1.165, 1.54) is 0 Å². The van der Waals surface area contributed by atoms with E-state index >= 15 is 0 Å². The number of benzene rings is 1. The van der Waals surface area contributed by atoms with Crippen LogP contribution in [0.4, 0.5) is 0 Å². The predicted molar refractivity (Wildman–Crippen MR) is 80.2 cm³/mol. The van der Waals surface area contributed by atoms with Crippen LogP contribution in [0.3, 0.4) is 0 Å². The zero-order valence-electron chi connectivity index (χ0n) is 12.0. The number of hydrogen-bond acceptors (Lipinski definition) is 3. The summed E-state index contributed by atoms with van der Waals surface area (Å²) >= 11 is 5.99. The maximum atomic E-state index is 12.1. The quantitative estimate of drug-likeness (QED) is 0.854. The van der Waals surface area contributed by atoms with Gasteiger partial charge >= 0.3 is 0 Å². The summed E-state index contributed by atoms with van der Waals surface area (Å²) in [6.45, 7) is 7.79. The van der Waals surface area contributed by atoms with Crippen LogP contribution in [-0.2, 0) is 4.79 Å². The van der Waals surface area contributed by atoms with Gasteiger partial charge in [-0.1, -0.05) is 23.7 Å². The van der Waals surface area contributed by atoms with Gasteiger partial charge in [0.05, 0.1) is 5.02 Å². The molecule has 0 unspecified atom stereocenters. The van der Waals surface area contributed by atoms with Crippen LogP contribution < -0.4 is 4.74 Å². The van der Waals surface area contributed by atoms with E-state index in [0.29, 0.717) is 16.8 Å². The van der Waals surface area contributed by atoms with E-state index in [2.05, 4.69) is 18.7 Å². The van der Waals surface area contributed by atoms with E-state index in [1.807, 2.05) is 17.0 Å². The Morgan fingerprint density at radius 2 is 1.90 bits per heavy atom. The molecule has 110 valence electrons. The number of carbonyl (C=O) groups excluding carboxylic acids is 1. The lowest BCUT2D eigenvalue weighted by atomic mass is 10.2. The molecule has 0 atom stereocenters. The first kappa shape index (κ1) is 15.1. The van der Waals surface area contributed by atoms with Crippen LogP contribution in [0.5, 0.6) is 5.75 Å². The van der Waals surface area contributed by atoms with Crippen LogP contribution in [0, 0.1) is 0 Å². The lowest BCUT2D eigenvalue weighted by Gasteiger charge is -2.36. The molecule has 20 heavy (non-hydrogen) atoms. The van der Waals surface area contributed by atoms with Crippen molar-refractivity contribution >= 4 is 17.5 Å². The molecule has 1 aromatic carbocycles. The molecule has 1 saturated heterocycles. The summed E-state index contributed by atoms with van der Waals surface area (Å²) in [7, 11) is 0. The summed E-state index contributed by atoms with van der Waals surface area (Å²) < 4.78 is 5.49. The Hall–Kier alpha value is -1.26. The zero-order valence-corrected chi connectivity index (χ0v) is 12.8. The highest BCUT2D eigenvalue weighted by Crippen LogP contribution is 2.23. The molecular weight excluding hydrogens is 276 g/mol. The minimum absolute atomic E-state index is 0.0216. The number of rotatable bonds is 4. The highest BCUT2D eigenvalue weighted by molar-refractivity contribution is 6.32. The fourth-order valence-electron chi connectivity index (χ4n) is 2.28. The van der Waals surface area contributed by atoms with Crippen molar-refractivity contribution in [2.24, 2.45) is 0 Å². The molecular formula is C15H21ClN2O2. The normalized spacial score (nSPS) is 16.5. The molecule has 0 spiro atoms. The van der Waals surface area contributed by atoms with Gasteiger partial charge in [0, 0.05) is 32.2 Å². The molecule has 1 aromatic rings. The molecule has 0 radical (unpaired) electrons. The number of ether oxygens (including phenoxy) is 1. The minimum Gasteiger partial charge on any atom is -0.482 e. The van der Waals surface area contributed by atoms with Crippen molar-refractivity contribution in [1.82, 2.24) is 9.80 Å². The molecule has 0 saturated carbocycles.